The average Bonchev–Trinajstić information content (AvgIpc) is 3.17. The molecule has 35 heavy (non-hydrogen) atoms. The minimum atomic E-state index is -0.905. The Morgan fingerprint density at radius 2 is 1.77 bits per heavy atom. The van der Waals surface area contributed by atoms with Crippen molar-refractivity contribution < 1.29 is 23.9 Å². The second-order valence-corrected chi connectivity index (χ2v) is 8.39. The minimum absolute atomic E-state index is 0.0942. The molecule has 3 N–H and O–H groups in total. The summed E-state index contributed by atoms with van der Waals surface area (Å²) in [6.07, 6.45) is 0.662. The summed E-state index contributed by atoms with van der Waals surface area (Å²) in [5.41, 5.74) is 3.70. The summed E-state index contributed by atoms with van der Waals surface area (Å²) in [6.45, 7) is 7.02. The van der Waals surface area contributed by atoms with Crippen LogP contribution in [0.15, 0.2) is 48.5 Å². The number of hydrogen-bond donors (Lipinski definition) is 3. The van der Waals surface area contributed by atoms with E-state index in [1.807, 2.05) is 20.8 Å². The van der Waals surface area contributed by atoms with Gasteiger partial charge in [-0.25, -0.2) is 4.68 Å². The molecule has 1 aromatic heterocycles. The highest BCUT2D eigenvalue weighted by Gasteiger charge is 2.21. The molecule has 3 amide bonds. The maximum absolute atomic E-state index is 13.1. The molecule has 10 heteroatoms. The number of amides is 3. The molecule has 9 nitrogen and oxygen atoms in total. The molecule has 2 aromatic carbocycles. The highest BCUT2D eigenvalue weighted by molar-refractivity contribution is 6.38. The van der Waals surface area contributed by atoms with Crippen molar-refractivity contribution in [3.63, 3.8) is 0 Å². The first kappa shape index (κ1) is 26.1. The molecule has 0 unspecified atom stereocenters. The van der Waals surface area contributed by atoms with Gasteiger partial charge in [-0.3, -0.25) is 19.8 Å². The van der Waals surface area contributed by atoms with Crippen molar-refractivity contribution in [3.8, 4) is 5.75 Å². The van der Waals surface area contributed by atoms with Gasteiger partial charge in [0.25, 0.3) is 5.91 Å². The maximum Gasteiger partial charge on any atom is 0.328 e. The van der Waals surface area contributed by atoms with Gasteiger partial charge in [-0.2, -0.15) is 0 Å². The zero-order valence-electron chi connectivity index (χ0n) is 19.9. The molecule has 0 saturated heterocycles. The Balaban J connectivity index is 1.75. The number of halogens is 1. The van der Waals surface area contributed by atoms with Crippen LogP contribution in [0.2, 0.25) is 5.02 Å². The van der Waals surface area contributed by atoms with Crippen LogP contribution in [0.4, 0.5) is 5.69 Å². The second-order valence-electron chi connectivity index (χ2n) is 7.95. The van der Waals surface area contributed by atoms with Gasteiger partial charge in [0, 0.05) is 29.2 Å². The Morgan fingerprint density at radius 3 is 2.46 bits per heavy atom. The third-order valence-corrected chi connectivity index (χ3v) is 5.13. The van der Waals surface area contributed by atoms with E-state index in [-0.39, 0.29) is 18.3 Å². The molecule has 1 heterocycles. The van der Waals surface area contributed by atoms with Crippen LogP contribution in [0.5, 0.6) is 5.75 Å². The van der Waals surface area contributed by atoms with Crippen LogP contribution in [0.1, 0.15) is 37.7 Å². The number of benzene rings is 2. The van der Waals surface area contributed by atoms with E-state index in [2.05, 4.69) is 16.1 Å². The number of hydrogen-bond acceptors (Lipinski definition) is 5. The number of anilines is 1. The first-order valence-corrected chi connectivity index (χ1v) is 11.7. The van der Waals surface area contributed by atoms with Crippen LogP contribution >= 0.6 is 11.6 Å². The summed E-state index contributed by atoms with van der Waals surface area (Å²) < 4.78 is 12.1. The number of carbonyl (C=O) groups is 3. The lowest BCUT2D eigenvalue weighted by Crippen LogP contribution is -2.40. The van der Waals surface area contributed by atoms with Gasteiger partial charge < -0.3 is 20.1 Å². The third-order valence-electron chi connectivity index (χ3n) is 4.90. The summed E-state index contributed by atoms with van der Waals surface area (Å²) in [4.78, 5) is 38.0. The highest BCUT2D eigenvalue weighted by Crippen LogP contribution is 2.24. The monoisotopic (exact) mass is 500 g/mol. The van der Waals surface area contributed by atoms with Crippen molar-refractivity contribution in [2.45, 2.75) is 33.3 Å². The Morgan fingerprint density at radius 1 is 1.03 bits per heavy atom. The predicted molar refractivity (Wildman–Crippen MR) is 136 cm³/mol. The van der Waals surface area contributed by atoms with Crippen LogP contribution in [0, 0.1) is 0 Å². The van der Waals surface area contributed by atoms with Crippen LogP contribution in [0.25, 0.3) is 10.9 Å². The average molecular weight is 501 g/mol. The van der Waals surface area contributed by atoms with E-state index < -0.39 is 17.7 Å². The molecule has 0 spiro atoms. The summed E-state index contributed by atoms with van der Waals surface area (Å²) in [6, 6.07) is 13.5. The van der Waals surface area contributed by atoms with Crippen molar-refractivity contribution in [2.75, 3.05) is 30.5 Å². The van der Waals surface area contributed by atoms with E-state index in [1.54, 1.807) is 48.5 Å². The number of ether oxygens (including phenoxy) is 2. The smallest absolute Gasteiger partial charge is 0.328 e. The largest absolute Gasteiger partial charge is 0.494 e. The van der Waals surface area contributed by atoms with Gasteiger partial charge in [-0.1, -0.05) is 11.6 Å². The van der Waals surface area contributed by atoms with Gasteiger partial charge in [0.1, 0.15) is 11.4 Å². The van der Waals surface area contributed by atoms with Crippen molar-refractivity contribution in [1.82, 2.24) is 9.99 Å². The van der Waals surface area contributed by atoms with E-state index >= 15 is 0 Å². The van der Waals surface area contributed by atoms with Gasteiger partial charge >= 0.3 is 11.8 Å². The topological polar surface area (TPSA) is 111 Å². The van der Waals surface area contributed by atoms with Crippen molar-refractivity contribution in [2.24, 2.45) is 0 Å². The molecular weight excluding hydrogens is 472 g/mol. The van der Waals surface area contributed by atoms with Gasteiger partial charge in [-0.15, -0.1) is 0 Å². The van der Waals surface area contributed by atoms with Crippen molar-refractivity contribution in [1.29, 1.82) is 0 Å². The number of fused-ring (bicyclic) bond motifs is 1. The van der Waals surface area contributed by atoms with E-state index in [0.29, 0.717) is 47.0 Å². The molecule has 0 bridgehead atoms. The van der Waals surface area contributed by atoms with E-state index in [4.69, 9.17) is 21.1 Å². The van der Waals surface area contributed by atoms with Crippen molar-refractivity contribution in [3.05, 3.63) is 59.2 Å². The summed E-state index contributed by atoms with van der Waals surface area (Å²) >= 11 is 6.11. The lowest BCUT2D eigenvalue weighted by molar-refractivity contribution is -0.136. The Hall–Kier alpha value is -3.56. The molecule has 0 atom stereocenters. The summed E-state index contributed by atoms with van der Waals surface area (Å²) in [7, 11) is 0. The van der Waals surface area contributed by atoms with Gasteiger partial charge in [0.15, 0.2) is 0 Å². The van der Waals surface area contributed by atoms with Crippen molar-refractivity contribution >= 4 is 45.9 Å². The third kappa shape index (κ3) is 7.21. The number of aromatic nitrogens is 1. The van der Waals surface area contributed by atoms with E-state index in [0.717, 1.165) is 0 Å². The standard InChI is InChI=1S/C25H29ClN4O5/c1-4-34-20-9-7-19(8-10-20)28-23(31)22-15-17-14-18(26)6-11-21(17)30(22)29-25(33)24(32)27-12-5-13-35-16(2)3/h6-11,14-16H,4-5,12-13H2,1-3H3,(H,27,32)(H,28,31)(H,29,33). The van der Waals surface area contributed by atoms with E-state index in [9.17, 15) is 14.4 Å². The van der Waals surface area contributed by atoms with Crippen LogP contribution in [0.3, 0.4) is 0 Å². The van der Waals surface area contributed by atoms with E-state index in [1.165, 1.54) is 4.68 Å². The molecule has 0 aliphatic heterocycles. The zero-order chi connectivity index (χ0) is 25.4. The highest BCUT2D eigenvalue weighted by atomic mass is 35.5. The Kier molecular flexibility index (Phi) is 9.11. The fraction of sp³-hybridized carbons (Fsp3) is 0.320. The number of nitrogens with one attached hydrogen (secondary N) is 3. The molecule has 0 fully saturated rings. The lowest BCUT2D eigenvalue weighted by atomic mass is 10.2. The van der Waals surface area contributed by atoms with Crippen LogP contribution in [-0.4, -0.2) is 48.3 Å². The maximum atomic E-state index is 13.1. The number of rotatable bonds is 10. The quantitative estimate of drug-likeness (QED) is 0.288. The lowest BCUT2D eigenvalue weighted by Gasteiger charge is -2.13. The first-order valence-electron chi connectivity index (χ1n) is 11.3. The van der Waals surface area contributed by atoms with Gasteiger partial charge in [-0.05, 0) is 75.7 Å². The van der Waals surface area contributed by atoms with Crippen LogP contribution in [-0.2, 0) is 14.3 Å². The SMILES string of the molecule is CCOc1ccc(NC(=O)c2cc3cc(Cl)ccc3n2NC(=O)C(=O)NCCCOC(C)C)cc1. The molecule has 0 aliphatic rings. The normalized spacial score (nSPS) is 10.9. The molecule has 0 radical (unpaired) electrons. The summed E-state index contributed by atoms with van der Waals surface area (Å²) in [5.74, 6) is -1.52. The van der Waals surface area contributed by atoms with Gasteiger partial charge in [0.05, 0.1) is 18.2 Å². The molecule has 0 saturated carbocycles. The zero-order valence-corrected chi connectivity index (χ0v) is 20.6. The molecule has 3 aromatic rings. The minimum Gasteiger partial charge on any atom is -0.494 e. The molecular formula is C25H29ClN4O5. The predicted octanol–water partition coefficient (Wildman–Crippen LogP) is 3.95. The van der Waals surface area contributed by atoms with Crippen LogP contribution < -0.4 is 20.8 Å². The summed E-state index contributed by atoms with van der Waals surface area (Å²) in [5, 5.41) is 6.44. The Labute approximate surface area is 208 Å². The van der Waals surface area contributed by atoms with Gasteiger partial charge in [0.2, 0.25) is 0 Å². The Bertz CT molecular complexity index is 1190. The fourth-order valence-electron chi connectivity index (χ4n) is 3.30. The fourth-order valence-corrected chi connectivity index (χ4v) is 3.48. The molecule has 0 aliphatic carbocycles. The first-order chi connectivity index (χ1) is 16.8. The molecule has 186 valence electrons. The number of carbonyl (C=O) groups excluding carboxylic acids is 3. The number of nitrogens with zero attached hydrogens (tertiary/aromatic N) is 1. The second kappa shape index (κ2) is 12.2. The molecule has 3 rings (SSSR count).